The largest absolute Gasteiger partial charge is 0.486 e. The van der Waals surface area contributed by atoms with Crippen LogP contribution in [0.4, 0.5) is 0 Å². The molecule has 0 bridgehead atoms. The number of hydrogen-bond donors (Lipinski definition) is 1. The maximum absolute atomic E-state index is 13.0. The Hall–Kier alpha value is -3.22. The number of nitrogens with one attached hydrogen (secondary N) is 1. The zero-order valence-corrected chi connectivity index (χ0v) is 17.2. The van der Waals surface area contributed by atoms with Crippen LogP contribution in [0.3, 0.4) is 0 Å². The minimum absolute atomic E-state index is 0.0695. The fourth-order valence-corrected chi connectivity index (χ4v) is 3.38. The van der Waals surface area contributed by atoms with E-state index >= 15 is 0 Å². The van der Waals surface area contributed by atoms with Gasteiger partial charge < -0.3 is 24.4 Å². The van der Waals surface area contributed by atoms with E-state index in [9.17, 15) is 9.59 Å². The first-order valence-electron chi connectivity index (χ1n) is 10.1. The van der Waals surface area contributed by atoms with Crippen molar-refractivity contribution in [3.63, 3.8) is 0 Å². The van der Waals surface area contributed by atoms with Crippen LogP contribution in [0.5, 0.6) is 17.2 Å². The van der Waals surface area contributed by atoms with E-state index in [1.807, 2.05) is 18.2 Å². The van der Waals surface area contributed by atoms with Gasteiger partial charge in [0, 0.05) is 19.7 Å². The zero-order valence-electron chi connectivity index (χ0n) is 17.2. The van der Waals surface area contributed by atoms with E-state index in [2.05, 4.69) is 5.32 Å². The van der Waals surface area contributed by atoms with Crippen LogP contribution in [0.2, 0.25) is 0 Å². The molecule has 1 N–H and O–H groups in total. The van der Waals surface area contributed by atoms with Crippen LogP contribution in [0.1, 0.15) is 34.8 Å². The molecule has 2 amide bonds. The average molecular weight is 410 g/mol. The summed E-state index contributed by atoms with van der Waals surface area (Å²) in [5.41, 5.74) is 1.51. The monoisotopic (exact) mass is 410 g/mol. The summed E-state index contributed by atoms with van der Waals surface area (Å²) in [6, 6.07) is 12.7. The molecule has 30 heavy (non-hydrogen) atoms. The molecular weight excluding hydrogens is 384 g/mol. The zero-order chi connectivity index (χ0) is 21.1. The predicted octanol–water partition coefficient (Wildman–Crippen LogP) is 2.81. The Bertz CT molecular complexity index is 939. The number of benzene rings is 2. The number of carbonyl (C=O) groups excluding carboxylic acids is 2. The van der Waals surface area contributed by atoms with Crippen molar-refractivity contribution in [1.82, 2.24) is 10.2 Å². The van der Waals surface area contributed by atoms with Crippen LogP contribution in [0, 0.1) is 5.92 Å². The highest BCUT2D eigenvalue weighted by Crippen LogP contribution is 2.43. The van der Waals surface area contributed by atoms with Gasteiger partial charge in [-0.15, -0.1) is 0 Å². The van der Waals surface area contributed by atoms with E-state index in [0.29, 0.717) is 30.4 Å². The molecule has 1 fully saturated rings. The Balaban J connectivity index is 1.46. The molecule has 1 heterocycles. The first-order valence-corrected chi connectivity index (χ1v) is 10.1. The van der Waals surface area contributed by atoms with E-state index in [1.165, 1.54) is 4.90 Å². The van der Waals surface area contributed by atoms with Gasteiger partial charge in [-0.3, -0.25) is 9.59 Å². The van der Waals surface area contributed by atoms with Crippen molar-refractivity contribution in [3.05, 3.63) is 53.6 Å². The minimum Gasteiger partial charge on any atom is -0.486 e. The quantitative estimate of drug-likeness (QED) is 0.760. The van der Waals surface area contributed by atoms with E-state index in [1.54, 1.807) is 38.4 Å². The summed E-state index contributed by atoms with van der Waals surface area (Å²) in [5, 5.41) is 3.16. The highest BCUT2D eigenvalue weighted by atomic mass is 16.6. The summed E-state index contributed by atoms with van der Waals surface area (Å²) in [4.78, 5) is 26.1. The summed E-state index contributed by atoms with van der Waals surface area (Å²) in [7, 11) is 3.34. The van der Waals surface area contributed by atoms with Gasteiger partial charge in [-0.1, -0.05) is 12.1 Å². The molecule has 4 rings (SSSR count). The highest BCUT2D eigenvalue weighted by molar-refractivity contribution is 5.95. The van der Waals surface area contributed by atoms with Crippen LogP contribution >= 0.6 is 0 Å². The van der Waals surface area contributed by atoms with E-state index in [4.69, 9.17) is 14.2 Å². The summed E-state index contributed by atoms with van der Waals surface area (Å²) < 4.78 is 16.8. The van der Waals surface area contributed by atoms with E-state index in [0.717, 1.165) is 29.9 Å². The van der Waals surface area contributed by atoms with Gasteiger partial charge in [0.05, 0.1) is 6.04 Å². The fraction of sp³-hybridized carbons (Fsp3) is 0.391. The number of carbonyl (C=O) groups is 2. The molecule has 1 unspecified atom stereocenters. The van der Waals surface area contributed by atoms with Crippen LogP contribution in [-0.2, 0) is 4.79 Å². The van der Waals surface area contributed by atoms with E-state index < -0.39 is 0 Å². The minimum atomic E-state index is -0.175. The van der Waals surface area contributed by atoms with Crippen molar-refractivity contribution >= 4 is 11.8 Å². The molecule has 2 aromatic carbocycles. The number of ether oxygens (including phenoxy) is 3. The smallest absolute Gasteiger partial charge is 0.259 e. The van der Waals surface area contributed by atoms with Crippen molar-refractivity contribution in [2.24, 2.45) is 5.92 Å². The Morgan fingerprint density at radius 1 is 1.10 bits per heavy atom. The summed E-state index contributed by atoms with van der Waals surface area (Å²) in [6.07, 6.45) is 2.16. The molecule has 1 atom stereocenters. The third-order valence-corrected chi connectivity index (χ3v) is 5.26. The molecule has 7 nitrogen and oxygen atoms in total. The van der Waals surface area contributed by atoms with Crippen molar-refractivity contribution in [2.45, 2.75) is 18.9 Å². The number of hydrogen-bond acceptors (Lipinski definition) is 5. The van der Waals surface area contributed by atoms with Gasteiger partial charge in [-0.05, 0) is 54.7 Å². The number of rotatable bonds is 7. The summed E-state index contributed by atoms with van der Waals surface area (Å²) in [5.74, 6) is 2.04. The molecule has 1 aliphatic carbocycles. The van der Waals surface area contributed by atoms with Gasteiger partial charge >= 0.3 is 0 Å². The van der Waals surface area contributed by atoms with Gasteiger partial charge in [0.2, 0.25) is 0 Å². The Labute approximate surface area is 175 Å². The normalized spacial score (nSPS) is 15.8. The number of amides is 2. The molecule has 2 aromatic rings. The molecule has 1 saturated carbocycles. The maximum atomic E-state index is 13.0. The van der Waals surface area contributed by atoms with Crippen LogP contribution in [0.15, 0.2) is 42.5 Å². The van der Waals surface area contributed by atoms with Gasteiger partial charge in [-0.25, -0.2) is 0 Å². The molecule has 0 spiro atoms. The lowest BCUT2D eigenvalue weighted by molar-refractivity contribution is -0.130. The predicted molar refractivity (Wildman–Crippen MR) is 111 cm³/mol. The summed E-state index contributed by atoms with van der Waals surface area (Å²) >= 11 is 0. The molecule has 2 aliphatic rings. The van der Waals surface area contributed by atoms with Crippen LogP contribution in [-0.4, -0.2) is 50.6 Å². The lowest BCUT2D eigenvalue weighted by Gasteiger charge is -2.23. The summed E-state index contributed by atoms with van der Waals surface area (Å²) in [6.45, 7) is 1.01. The lowest BCUT2D eigenvalue weighted by Crippen LogP contribution is -2.30. The number of nitrogens with zero attached hydrogens (tertiary/aromatic N) is 1. The van der Waals surface area contributed by atoms with Crippen molar-refractivity contribution in [2.75, 3.05) is 33.9 Å². The molecular formula is C23H26N2O5. The first kappa shape index (κ1) is 20.1. The van der Waals surface area contributed by atoms with Gasteiger partial charge in [0.25, 0.3) is 11.8 Å². The molecule has 158 valence electrons. The standard InChI is InChI=1S/C23H26N2O5/c1-25(2)21(26)14-30-18-5-3-4-17(12-18)23(27)24-22(15-6-7-15)16-8-9-19-20(13-16)29-11-10-28-19/h3-5,8-9,12-13,15,22H,6-7,10-11,14H2,1-2H3,(H,24,27). The van der Waals surface area contributed by atoms with Gasteiger partial charge in [0.15, 0.2) is 18.1 Å². The second kappa shape index (κ2) is 8.65. The number of fused-ring (bicyclic) bond motifs is 1. The Morgan fingerprint density at radius 3 is 2.60 bits per heavy atom. The van der Waals surface area contributed by atoms with Gasteiger partial charge in [-0.2, -0.15) is 0 Å². The second-order valence-corrected chi connectivity index (χ2v) is 7.80. The molecule has 0 saturated heterocycles. The highest BCUT2D eigenvalue weighted by Gasteiger charge is 2.34. The van der Waals surface area contributed by atoms with Crippen molar-refractivity contribution in [3.8, 4) is 17.2 Å². The third-order valence-electron chi connectivity index (χ3n) is 5.26. The van der Waals surface area contributed by atoms with Crippen molar-refractivity contribution in [1.29, 1.82) is 0 Å². The first-order chi connectivity index (χ1) is 14.5. The van der Waals surface area contributed by atoms with Crippen LogP contribution < -0.4 is 19.5 Å². The fourth-order valence-electron chi connectivity index (χ4n) is 3.38. The Kier molecular flexibility index (Phi) is 5.79. The molecule has 0 radical (unpaired) electrons. The third kappa shape index (κ3) is 4.67. The second-order valence-electron chi connectivity index (χ2n) is 7.80. The van der Waals surface area contributed by atoms with Crippen LogP contribution in [0.25, 0.3) is 0 Å². The molecule has 7 heteroatoms. The molecule has 0 aromatic heterocycles. The van der Waals surface area contributed by atoms with Crippen molar-refractivity contribution < 1.29 is 23.8 Å². The topological polar surface area (TPSA) is 77.1 Å². The average Bonchev–Trinajstić information content (AvgIpc) is 3.60. The van der Waals surface area contributed by atoms with Gasteiger partial charge in [0.1, 0.15) is 19.0 Å². The number of likely N-dealkylation sites (N-methyl/N-ethyl adjacent to an activating group) is 1. The molecule has 1 aliphatic heterocycles. The maximum Gasteiger partial charge on any atom is 0.259 e. The Morgan fingerprint density at radius 2 is 1.87 bits per heavy atom. The SMILES string of the molecule is CN(C)C(=O)COc1cccc(C(=O)NC(c2ccc3c(c2)OCCO3)C2CC2)c1. The van der Waals surface area contributed by atoms with E-state index in [-0.39, 0.29) is 24.5 Å². The lowest BCUT2D eigenvalue weighted by atomic mass is 10.0.